The molecule has 0 spiro atoms. The first-order valence-corrected chi connectivity index (χ1v) is 10.4. The number of carbonyl (C=O) groups is 3. The van der Waals surface area contributed by atoms with Gasteiger partial charge in [-0.05, 0) is 70.8 Å². The van der Waals surface area contributed by atoms with Crippen molar-refractivity contribution < 1.29 is 18.8 Å². The largest absolute Gasteiger partial charge is 0.368 e. The maximum atomic E-state index is 13.5. The van der Waals surface area contributed by atoms with Crippen LogP contribution < -0.4 is 10.2 Å². The summed E-state index contributed by atoms with van der Waals surface area (Å²) in [5, 5.41) is 6.98. The molecule has 1 aliphatic carbocycles. The second-order valence-corrected chi connectivity index (χ2v) is 8.01. The molecule has 0 amide bonds. The van der Waals surface area contributed by atoms with Gasteiger partial charge in [0.2, 0.25) is 11.6 Å². The molecule has 0 saturated heterocycles. The van der Waals surface area contributed by atoms with E-state index in [1.807, 2.05) is 17.5 Å². The van der Waals surface area contributed by atoms with E-state index in [0.29, 0.717) is 12.2 Å². The summed E-state index contributed by atoms with van der Waals surface area (Å²) in [5.74, 6) is -2.49. The first kappa shape index (κ1) is 20.0. The predicted octanol–water partition coefficient (Wildman–Crippen LogP) is 4.33. The van der Waals surface area contributed by atoms with Gasteiger partial charge in [0.15, 0.2) is 6.04 Å². The lowest BCUT2D eigenvalue weighted by molar-refractivity contribution is -0.152. The van der Waals surface area contributed by atoms with Gasteiger partial charge in [-0.1, -0.05) is 13.0 Å². The molecule has 4 rings (SSSR count). The van der Waals surface area contributed by atoms with Crippen molar-refractivity contribution in [1.29, 1.82) is 0 Å². The Morgan fingerprint density at radius 3 is 2.43 bits per heavy atom. The molecule has 30 heavy (non-hydrogen) atoms. The highest BCUT2D eigenvalue weighted by molar-refractivity contribution is 7.08. The number of nitrogens with zero attached hydrogens (tertiary/aromatic N) is 1. The van der Waals surface area contributed by atoms with Crippen molar-refractivity contribution in [2.24, 2.45) is 0 Å². The molecule has 152 valence electrons. The van der Waals surface area contributed by atoms with Crippen molar-refractivity contribution in [1.82, 2.24) is 0 Å². The van der Waals surface area contributed by atoms with Gasteiger partial charge in [0, 0.05) is 23.6 Å². The number of rotatable bonds is 7. The van der Waals surface area contributed by atoms with Gasteiger partial charge in [-0.2, -0.15) is 11.3 Å². The molecule has 1 saturated carbocycles. The summed E-state index contributed by atoms with van der Waals surface area (Å²) in [6.45, 7) is 2.77. The normalized spacial score (nSPS) is 15.1. The van der Waals surface area contributed by atoms with Crippen molar-refractivity contribution in [3.8, 4) is 0 Å². The van der Waals surface area contributed by atoms with E-state index in [9.17, 15) is 18.8 Å². The monoisotopic (exact) mass is 422 g/mol. The molecular weight excluding hydrogens is 403 g/mol. The van der Waals surface area contributed by atoms with E-state index in [-0.39, 0.29) is 11.7 Å². The van der Waals surface area contributed by atoms with Crippen molar-refractivity contribution in [3.63, 3.8) is 0 Å². The number of hydrogen-bond donors (Lipinski definition) is 1. The highest BCUT2D eigenvalue weighted by atomic mass is 32.1. The minimum absolute atomic E-state index is 0.213. The van der Waals surface area contributed by atoms with E-state index in [4.69, 9.17) is 0 Å². The van der Waals surface area contributed by atoms with Crippen LogP contribution in [-0.2, 0) is 14.4 Å². The molecule has 3 aromatic rings. The van der Waals surface area contributed by atoms with Crippen molar-refractivity contribution in [2.45, 2.75) is 18.9 Å². The van der Waals surface area contributed by atoms with Gasteiger partial charge >= 0.3 is 0 Å². The van der Waals surface area contributed by atoms with Crippen LogP contribution in [0.1, 0.15) is 18.4 Å². The molecule has 0 bridgehead atoms. The Labute approximate surface area is 177 Å². The first-order chi connectivity index (χ1) is 14.4. The fraction of sp³-hybridized carbons (Fsp3) is 0.174. The Morgan fingerprint density at radius 2 is 1.77 bits per heavy atom. The number of anilines is 3. The zero-order valence-corrected chi connectivity index (χ0v) is 17.0. The fourth-order valence-corrected chi connectivity index (χ4v) is 4.18. The van der Waals surface area contributed by atoms with Gasteiger partial charge in [0.05, 0.1) is 0 Å². The van der Waals surface area contributed by atoms with Crippen LogP contribution in [0, 0.1) is 5.82 Å². The number of nitrogens with one attached hydrogen (secondary N) is 1. The number of Topliss-reactive ketones (excluding diaryl/α,β-unsaturated/α-hetero) is 3. The summed E-state index contributed by atoms with van der Waals surface area (Å²) in [4.78, 5) is 36.6. The Hall–Kier alpha value is -3.32. The molecule has 1 aromatic heterocycles. The molecule has 1 heterocycles. The minimum Gasteiger partial charge on any atom is -0.368 e. The van der Waals surface area contributed by atoms with Crippen LogP contribution in [0.2, 0.25) is 0 Å². The van der Waals surface area contributed by atoms with Crippen LogP contribution >= 0.6 is 11.3 Å². The molecule has 1 atom stereocenters. The lowest BCUT2D eigenvalue weighted by Gasteiger charge is -2.29. The van der Waals surface area contributed by atoms with Gasteiger partial charge < -0.3 is 10.2 Å². The number of carbonyl (C=O) groups excluding carboxylic acids is 3. The number of ketones is 3. The average Bonchev–Trinajstić information content (AvgIpc) is 3.31. The lowest BCUT2D eigenvalue weighted by Crippen LogP contribution is -2.57. The third-order valence-electron chi connectivity index (χ3n) is 5.15. The highest BCUT2D eigenvalue weighted by Crippen LogP contribution is 2.32. The molecule has 1 aliphatic rings. The Balaban J connectivity index is 1.63. The Kier molecular flexibility index (Phi) is 5.46. The van der Waals surface area contributed by atoms with E-state index in [1.165, 1.54) is 17.7 Å². The second kappa shape index (κ2) is 8.20. The van der Waals surface area contributed by atoms with E-state index in [2.05, 4.69) is 28.6 Å². The van der Waals surface area contributed by atoms with Gasteiger partial charge in [-0.3, -0.25) is 14.4 Å². The fourth-order valence-electron chi connectivity index (χ4n) is 3.40. The van der Waals surface area contributed by atoms with E-state index >= 15 is 0 Å². The molecule has 1 unspecified atom stereocenters. The molecule has 1 fully saturated rings. The Morgan fingerprint density at radius 1 is 1.03 bits per heavy atom. The molecule has 5 nitrogen and oxygen atoms in total. The predicted molar refractivity (Wildman–Crippen MR) is 115 cm³/mol. The summed E-state index contributed by atoms with van der Waals surface area (Å²) in [5.41, 5.74) is 3.41. The summed E-state index contributed by atoms with van der Waals surface area (Å²) in [6.07, 6.45) is 0. The summed E-state index contributed by atoms with van der Waals surface area (Å²) in [7, 11) is 0. The number of hydrogen-bond acceptors (Lipinski definition) is 6. The van der Waals surface area contributed by atoms with Crippen LogP contribution in [0.4, 0.5) is 21.5 Å². The van der Waals surface area contributed by atoms with Crippen LogP contribution in [0.3, 0.4) is 0 Å². The molecule has 1 N–H and O–H groups in total. The third-order valence-corrected chi connectivity index (χ3v) is 5.85. The van der Waals surface area contributed by atoms with Crippen molar-refractivity contribution in [3.05, 3.63) is 76.7 Å². The average molecular weight is 422 g/mol. The summed E-state index contributed by atoms with van der Waals surface area (Å²) in [6, 6.07) is 14.5. The maximum absolute atomic E-state index is 13.5. The molecule has 2 aromatic carbocycles. The second-order valence-electron chi connectivity index (χ2n) is 7.23. The van der Waals surface area contributed by atoms with E-state index < -0.39 is 23.4 Å². The topological polar surface area (TPSA) is 66.5 Å². The number of halogens is 1. The number of benzene rings is 2. The zero-order chi connectivity index (χ0) is 21.3. The summed E-state index contributed by atoms with van der Waals surface area (Å²) >= 11 is 1.64. The summed E-state index contributed by atoms with van der Waals surface area (Å²) < 4.78 is 13.5. The van der Waals surface area contributed by atoms with Crippen LogP contribution in [0.15, 0.2) is 65.4 Å². The molecule has 7 heteroatoms. The van der Waals surface area contributed by atoms with E-state index in [0.717, 1.165) is 11.4 Å². The lowest BCUT2D eigenvalue weighted by atomic mass is 9.87. The van der Waals surface area contributed by atoms with Crippen LogP contribution in [-0.4, -0.2) is 29.9 Å². The third kappa shape index (κ3) is 3.89. The molecule has 0 radical (unpaired) electrons. The number of thiophene rings is 1. The van der Waals surface area contributed by atoms with Gasteiger partial charge in [-0.15, -0.1) is 0 Å². The highest BCUT2D eigenvalue weighted by Gasteiger charge is 2.48. The minimum atomic E-state index is -1.11. The van der Waals surface area contributed by atoms with Crippen molar-refractivity contribution >= 4 is 45.7 Å². The molecule has 0 aliphatic heterocycles. The van der Waals surface area contributed by atoms with Gasteiger partial charge in [-0.25, -0.2) is 4.39 Å². The van der Waals surface area contributed by atoms with E-state index in [1.54, 1.807) is 35.6 Å². The van der Waals surface area contributed by atoms with Crippen LogP contribution in [0.5, 0.6) is 0 Å². The molecular formula is C23H19FN2O3S. The maximum Gasteiger partial charge on any atom is 0.269 e. The first-order valence-electron chi connectivity index (χ1n) is 9.48. The zero-order valence-electron chi connectivity index (χ0n) is 16.2. The van der Waals surface area contributed by atoms with Gasteiger partial charge in [0.1, 0.15) is 5.82 Å². The SMILES string of the molecule is CC(CN(c1ccc(F)cc1)c1cccc(NC2C(=O)C(=O)C2=O)c1)c1ccsc1. The van der Waals surface area contributed by atoms with Crippen LogP contribution in [0.25, 0.3) is 0 Å². The quantitative estimate of drug-likeness (QED) is 0.454. The van der Waals surface area contributed by atoms with Crippen molar-refractivity contribution in [2.75, 3.05) is 16.8 Å². The standard InChI is InChI=1S/C23H19FN2O3S/c1-14(15-9-10-30-13-15)12-26(18-7-5-16(24)6-8-18)19-4-2-3-17(11-19)25-20-21(27)23(29)22(20)28/h2-11,13-14,20,25H,12H2,1H3. The Bertz CT molecular complexity index is 1080. The van der Waals surface area contributed by atoms with Gasteiger partial charge in [0.25, 0.3) is 5.78 Å². The smallest absolute Gasteiger partial charge is 0.269 e.